The molecule has 41 heavy (non-hydrogen) atoms. The molecule has 2 atom stereocenters. The van der Waals surface area contributed by atoms with Crippen molar-refractivity contribution in [3.8, 4) is 17.2 Å². The molecule has 1 heterocycles. The molecule has 0 bridgehead atoms. The summed E-state index contributed by atoms with van der Waals surface area (Å²) in [6.07, 6.45) is 4.17. The molecule has 214 valence electrons. The van der Waals surface area contributed by atoms with E-state index in [1.54, 1.807) is 21.3 Å². The molecule has 0 unspecified atom stereocenters. The van der Waals surface area contributed by atoms with Crippen LogP contribution in [0, 0.1) is 0 Å². The molecule has 0 spiro atoms. The molecular weight excluding hydrogens is 516 g/mol. The van der Waals surface area contributed by atoms with Gasteiger partial charge in [-0.05, 0) is 66.3 Å². The van der Waals surface area contributed by atoms with Crippen LogP contribution in [-0.4, -0.2) is 33.0 Å². The van der Waals surface area contributed by atoms with Gasteiger partial charge in [0.2, 0.25) is 5.91 Å². The van der Waals surface area contributed by atoms with Crippen LogP contribution >= 0.6 is 0 Å². The first-order valence-corrected chi connectivity index (χ1v) is 14.3. The maximum atomic E-state index is 14.2. The average molecular weight is 555 g/mol. The zero-order valence-corrected chi connectivity index (χ0v) is 24.2. The lowest BCUT2D eigenvalue weighted by atomic mass is 9.78. The zero-order chi connectivity index (χ0) is 28.9. The highest BCUT2D eigenvalue weighted by Crippen LogP contribution is 2.48. The van der Waals surface area contributed by atoms with Crippen molar-refractivity contribution in [2.24, 2.45) is 0 Å². The summed E-state index contributed by atoms with van der Waals surface area (Å²) in [4.78, 5) is 30.1. The van der Waals surface area contributed by atoms with Gasteiger partial charge in [-0.1, -0.05) is 50.1 Å². The van der Waals surface area contributed by atoms with E-state index in [9.17, 15) is 9.59 Å². The molecule has 1 N–H and O–H groups in total. The highest BCUT2D eigenvalue weighted by Gasteiger charge is 2.41. The molecule has 0 aromatic heterocycles. The number of carbonyl (C=O) groups excluding carboxylic acids is 2. The summed E-state index contributed by atoms with van der Waals surface area (Å²) >= 11 is 0. The van der Waals surface area contributed by atoms with E-state index in [1.165, 1.54) is 0 Å². The number of carbonyl (C=O) groups is 2. The van der Waals surface area contributed by atoms with Gasteiger partial charge in [-0.2, -0.15) is 0 Å². The van der Waals surface area contributed by atoms with E-state index in [2.05, 4.69) is 12.2 Å². The van der Waals surface area contributed by atoms with Gasteiger partial charge in [-0.25, -0.2) is 0 Å². The van der Waals surface area contributed by atoms with Gasteiger partial charge in [0.25, 0.3) is 0 Å². The van der Waals surface area contributed by atoms with Gasteiger partial charge in [0, 0.05) is 24.1 Å². The molecule has 0 saturated carbocycles. The number of methoxy groups -OCH3 is 3. The minimum atomic E-state index is -0.612. The summed E-state index contributed by atoms with van der Waals surface area (Å²) < 4.78 is 16.5. The summed E-state index contributed by atoms with van der Waals surface area (Å²) in [5.41, 5.74) is 4.93. The lowest BCUT2D eigenvalue weighted by molar-refractivity contribution is -0.119. The largest absolute Gasteiger partial charge is 0.497 e. The van der Waals surface area contributed by atoms with Gasteiger partial charge in [-0.3, -0.25) is 14.5 Å². The number of nitrogens with zero attached hydrogens (tertiary/aromatic N) is 1. The molecule has 7 nitrogen and oxygen atoms in total. The number of allylic oxidation sites excluding steroid dienone is 1. The number of ether oxygens (including phenoxy) is 3. The van der Waals surface area contributed by atoms with E-state index in [-0.39, 0.29) is 17.6 Å². The molecule has 3 aromatic carbocycles. The second-order valence-electron chi connectivity index (χ2n) is 10.6. The molecule has 0 fully saturated rings. The van der Waals surface area contributed by atoms with Crippen LogP contribution in [-0.2, 0) is 9.59 Å². The number of nitrogens with one attached hydrogen (secondary N) is 1. The number of Topliss-reactive ketones (excluding diaryl/α,β-unsaturated/α-hetero) is 1. The SMILES string of the molecule is CCCCCC(=O)N1c2ccccc2NC2=C(C(=O)C[C@@H](c3ccc(OC)cc3)C2)[C@@H]1c1ccc(OC)c(OC)c1. The summed E-state index contributed by atoms with van der Waals surface area (Å²) in [6.45, 7) is 2.12. The van der Waals surface area contributed by atoms with Gasteiger partial charge < -0.3 is 19.5 Å². The van der Waals surface area contributed by atoms with Crippen LogP contribution in [0.3, 0.4) is 0 Å². The Morgan fingerprint density at radius 3 is 2.32 bits per heavy atom. The van der Waals surface area contributed by atoms with Crippen molar-refractivity contribution >= 4 is 23.1 Å². The Balaban J connectivity index is 1.67. The molecular formula is C34H38N2O5. The van der Waals surface area contributed by atoms with E-state index in [0.717, 1.165) is 53.2 Å². The molecule has 0 radical (unpaired) electrons. The fraction of sp³-hybridized carbons (Fsp3) is 0.353. The number of ketones is 1. The lowest BCUT2D eigenvalue weighted by Crippen LogP contribution is -2.38. The van der Waals surface area contributed by atoms with Gasteiger partial charge in [0.1, 0.15) is 5.75 Å². The number of fused-ring (bicyclic) bond motifs is 1. The topological polar surface area (TPSA) is 77.1 Å². The van der Waals surface area contributed by atoms with Crippen LogP contribution in [0.4, 0.5) is 11.4 Å². The number of unbranched alkanes of at least 4 members (excludes halogenated alkanes) is 2. The molecule has 7 heteroatoms. The van der Waals surface area contributed by atoms with Gasteiger partial charge >= 0.3 is 0 Å². The van der Waals surface area contributed by atoms with Crippen molar-refractivity contribution in [2.45, 2.75) is 57.4 Å². The first-order chi connectivity index (χ1) is 20.0. The molecule has 0 saturated heterocycles. The number of hydrogen-bond acceptors (Lipinski definition) is 6. The Morgan fingerprint density at radius 2 is 1.61 bits per heavy atom. The normalized spacial score (nSPS) is 18.1. The van der Waals surface area contributed by atoms with Gasteiger partial charge in [-0.15, -0.1) is 0 Å². The van der Waals surface area contributed by atoms with E-state index >= 15 is 0 Å². The molecule has 1 aliphatic carbocycles. The Morgan fingerprint density at radius 1 is 0.878 bits per heavy atom. The highest BCUT2D eigenvalue weighted by atomic mass is 16.5. The van der Waals surface area contributed by atoms with Gasteiger partial charge in [0.15, 0.2) is 17.3 Å². The number of anilines is 2. The summed E-state index contributed by atoms with van der Waals surface area (Å²) in [5, 5.41) is 3.60. The van der Waals surface area contributed by atoms with Crippen molar-refractivity contribution in [1.82, 2.24) is 0 Å². The quantitative estimate of drug-likeness (QED) is 0.282. The van der Waals surface area contributed by atoms with E-state index in [1.807, 2.05) is 71.6 Å². The maximum Gasteiger partial charge on any atom is 0.227 e. The van der Waals surface area contributed by atoms with Crippen LogP contribution in [0.25, 0.3) is 0 Å². The Bertz CT molecular complexity index is 1450. The van der Waals surface area contributed by atoms with Crippen LogP contribution < -0.4 is 24.4 Å². The number of hydrogen-bond donors (Lipinski definition) is 1. The summed E-state index contributed by atoms with van der Waals surface area (Å²) in [5.74, 6) is 1.95. The standard InChI is InChI=1S/C34H38N2O5/c1-5-6-7-12-32(38)36-28-11-9-8-10-26(28)35-27-19-24(22-13-16-25(39-2)17-14-22)20-29(37)33(27)34(36)23-15-18-30(40-3)31(21-23)41-4/h8-11,13-18,21,24,34-35H,5-7,12,19-20H2,1-4H3/t24-,34-/m0/s1. The highest BCUT2D eigenvalue weighted by molar-refractivity contribution is 6.06. The second-order valence-corrected chi connectivity index (χ2v) is 10.6. The Kier molecular flexibility index (Phi) is 8.62. The predicted octanol–water partition coefficient (Wildman–Crippen LogP) is 7.19. The fourth-order valence-corrected chi connectivity index (χ4v) is 5.96. The lowest BCUT2D eigenvalue weighted by Gasteiger charge is -2.35. The van der Waals surface area contributed by atoms with Crippen LogP contribution in [0.1, 0.15) is 68.5 Å². The first kappa shape index (κ1) is 28.3. The van der Waals surface area contributed by atoms with Crippen molar-refractivity contribution in [3.63, 3.8) is 0 Å². The van der Waals surface area contributed by atoms with Crippen LogP contribution in [0.15, 0.2) is 78.0 Å². The monoisotopic (exact) mass is 554 g/mol. The average Bonchev–Trinajstić information content (AvgIpc) is 3.15. The maximum absolute atomic E-state index is 14.2. The number of benzene rings is 3. The van der Waals surface area contributed by atoms with Crippen LogP contribution in [0.2, 0.25) is 0 Å². The second kappa shape index (κ2) is 12.5. The number of para-hydroxylation sites is 2. The van der Waals surface area contributed by atoms with Crippen molar-refractivity contribution in [2.75, 3.05) is 31.5 Å². The first-order valence-electron chi connectivity index (χ1n) is 14.3. The smallest absolute Gasteiger partial charge is 0.227 e. The van der Waals surface area contributed by atoms with Crippen molar-refractivity contribution in [3.05, 3.63) is 89.1 Å². The Hall–Kier alpha value is -4.26. The fourth-order valence-electron chi connectivity index (χ4n) is 5.96. The summed E-state index contributed by atoms with van der Waals surface area (Å²) in [6, 6.07) is 20.8. The minimum Gasteiger partial charge on any atom is -0.497 e. The predicted molar refractivity (Wildman–Crippen MR) is 161 cm³/mol. The molecule has 3 aromatic rings. The molecule has 5 rings (SSSR count). The van der Waals surface area contributed by atoms with Crippen molar-refractivity contribution < 1.29 is 23.8 Å². The van der Waals surface area contributed by atoms with Gasteiger partial charge in [0.05, 0.1) is 38.7 Å². The minimum absolute atomic E-state index is 0.00433. The third-order valence-corrected chi connectivity index (χ3v) is 8.06. The number of rotatable bonds is 9. The van der Waals surface area contributed by atoms with E-state index in [4.69, 9.17) is 14.2 Å². The molecule has 1 aliphatic heterocycles. The number of amides is 1. The van der Waals surface area contributed by atoms with E-state index < -0.39 is 6.04 Å². The van der Waals surface area contributed by atoms with Crippen molar-refractivity contribution in [1.29, 1.82) is 0 Å². The third-order valence-electron chi connectivity index (χ3n) is 8.06. The summed E-state index contributed by atoms with van der Waals surface area (Å²) in [7, 11) is 4.83. The third kappa shape index (κ3) is 5.67. The van der Waals surface area contributed by atoms with Crippen LogP contribution in [0.5, 0.6) is 17.2 Å². The van der Waals surface area contributed by atoms with E-state index in [0.29, 0.717) is 36.3 Å². The molecule has 1 amide bonds. The Labute approximate surface area is 242 Å². The zero-order valence-electron chi connectivity index (χ0n) is 24.2. The molecule has 2 aliphatic rings.